The van der Waals surface area contributed by atoms with Crippen LogP contribution >= 0.6 is 0 Å². The molecule has 4 rings (SSSR count). The minimum Gasteiger partial charge on any atom is -0.366 e. The number of halogens is 1. The molecule has 0 radical (unpaired) electrons. The van der Waals surface area contributed by atoms with E-state index in [1.54, 1.807) is 23.7 Å². The third-order valence-electron chi connectivity index (χ3n) is 4.58. The Labute approximate surface area is 155 Å². The molecule has 1 atom stereocenters. The fraction of sp³-hybridized carbons (Fsp3) is 0.150. The van der Waals surface area contributed by atoms with Crippen molar-refractivity contribution in [3.63, 3.8) is 0 Å². The molecular formula is C20H18FN5O. The molecule has 27 heavy (non-hydrogen) atoms. The number of nitrogens with zero attached hydrogens (tertiary/aromatic N) is 3. The fourth-order valence-corrected chi connectivity index (χ4v) is 3.33. The SMILES string of the molecule is CC1=C(C(N)=O)[C@H](c2ccc(F)cc2)n2nc(-c3cccc(C)c3)nc2N1. The van der Waals surface area contributed by atoms with Crippen LogP contribution in [0.15, 0.2) is 59.8 Å². The topological polar surface area (TPSA) is 85.8 Å². The van der Waals surface area contributed by atoms with Crippen LogP contribution in [-0.4, -0.2) is 20.7 Å². The highest BCUT2D eigenvalue weighted by Gasteiger charge is 2.33. The summed E-state index contributed by atoms with van der Waals surface area (Å²) < 4.78 is 15.0. The number of fused-ring (bicyclic) bond motifs is 1. The van der Waals surface area contributed by atoms with Crippen molar-refractivity contribution < 1.29 is 9.18 Å². The van der Waals surface area contributed by atoms with Gasteiger partial charge in [0.15, 0.2) is 5.82 Å². The minimum atomic E-state index is -0.578. The van der Waals surface area contributed by atoms with Crippen LogP contribution in [0.4, 0.5) is 10.3 Å². The first-order valence-corrected chi connectivity index (χ1v) is 8.50. The standard InChI is InChI=1S/C20H18FN5O/c1-11-4-3-5-14(10-11)19-24-20-23-12(2)16(18(22)27)17(26(20)25-19)13-6-8-15(21)9-7-13/h3-10,17H,1-2H3,(H2,22,27)(H,23,24,25)/t17-/m0/s1. The zero-order chi connectivity index (χ0) is 19.1. The maximum Gasteiger partial charge on any atom is 0.248 e. The van der Waals surface area contributed by atoms with E-state index in [2.05, 4.69) is 15.4 Å². The molecule has 1 aliphatic heterocycles. The van der Waals surface area contributed by atoms with Crippen molar-refractivity contribution in [1.29, 1.82) is 0 Å². The van der Waals surface area contributed by atoms with Crippen molar-refractivity contribution in [3.05, 3.63) is 76.7 Å². The molecule has 3 N–H and O–H groups in total. The molecule has 0 unspecified atom stereocenters. The molecule has 7 heteroatoms. The first kappa shape index (κ1) is 17.0. The first-order chi connectivity index (χ1) is 12.9. The third kappa shape index (κ3) is 2.97. The Hall–Kier alpha value is -3.48. The monoisotopic (exact) mass is 363 g/mol. The van der Waals surface area contributed by atoms with Crippen LogP contribution in [0.25, 0.3) is 11.4 Å². The largest absolute Gasteiger partial charge is 0.366 e. The Kier molecular flexibility index (Phi) is 3.99. The van der Waals surface area contributed by atoms with Gasteiger partial charge in [0.1, 0.15) is 11.9 Å². The predicted octanol–water partition coefficient (Wildman–Crippen LogP) is 3.17. The summed E-state index contributed by atoms with van der Waals surface area (Å²) in [5.41, 5.74) is 9.28. The van der Waals surface area contributed by atoms with Gasteiger partial charge in [-0.25, -0.2) is 9.07 Å². The normalized spacial score (nSPS) is 16.0. The van der Waals surface area contributed by atoms with Crippen LogP contribution in [0.1, 0.15) is 24.1 Å². The molecule has 0 spiro atoms. The van der Waals surface area contributed by atoms with E-state index in [4.69, 9.17) is 5.73 Å². The van der Waals surface area contributed by atoms with E-state index in [1.807, 2.05) is 31.2 Å². The van der Waals surface area contributed by atoms with Crippen molar-refractivity contribution in [3.8, 4) is 11.4 Å². The maximum atomic E-state index is 13.4. The lowest BCUT2D eigenvalue weighted by atomic mass is 9.95. The van der Waals surface area contributed by atoms with Crippen LogP contribution in [0.5, 0.6) is 0 Å². The molecule has 2 aromatic carbocycles. The number of aryl methyl sites for hydroxylation is 1. The van der Waals surface area contributed by atoms with E-state index in [-0.39, 0.29) is 5.82 Å². The minimum absolute atomic E-state index is 0.353. The highest BCUT2D eigenvalue weighted by molar-refractivity contribution is 5.95. The summed E-state index contributed by atoms with van der Waals surface area (Å²) in [6.07, 6.45) is 0. The number of aromatic nitrogens is 3. The van der Waals surface area contributed by atoms with E-state index < -0.39 is 11.9 Å². The number of amides is 1. The molecule has 0 saturated heterocycles. The summed E-state index contributed by atoms with van der Waals surface area (Å²) >= 11 is 0. The van der Waals surface area contributed by atoms with Crippen molar-refractivity contribution in [1.82, 2.24) is 14.8 Å². The van der Waals surface area contributed by atoms with E-state index in [9.17, 15) is 9.18 Å². The third-order valence-corrected chi connectivity index (χ3v) is 4.58. The van der Waals surface area contributed by atoms with Gasteiger partial charge in [0.25, 0.3) is 0 Å². The number of carbonyl (C=O) groups excluding carboxylic acids is 1. The number of rotatable bonds is 3. The Balaban J connectivity index is 1.88. The summed E-state index contributed by atoms with van der Waals surface area (Å²) in [6, 6.07) is 13.2. The molecule has 2 heterocycles. The molecule has 1 aliphatic rings. The number of carbonyl (C=O) groups is 1. The van der Waals surface area contributed by atoms with Gasteiger partial charge in [-0.1, -0.05) is 35.9 Å². The van der Waals surface area contributed by atoms with Crippen LogP contribution in [-0.2, 0) is 4.79 Å². The summed E-state index contributed by atoms with van der Waals surface area (Å²) in [7, 11) is 0. The number of hydrogen-bond acceptors (Lipinski definition) is 4. The summed E-state index contributed by atoms with van der Waals surface area (Å²) in [4.78, 5) is 16.7. The van der Waals surface area contributed by atoms with Crippen LogP contribution in [0.3, 0.4) is 0 Å². The Morgan fingerprint density at radius 3 is 2.59 bits per heavy atom. The number of nitrogens with one attached hydrogen (secondary N) is 1. The highest BCUT2D eigenvalue weighted by Crippen LogP contribution is 2.36. The molecule has 3 aromatic rings. The first-order valence-electron chi connectivity index (χ1n) is 8.50. The van der Waals surface area contributed by atoms with Gasteiger partial charge >= 0.3 is 0 Å². The molecule has 6 nitrogen and oxygen atoms in total. The van der Waals surface area contributed by atoms with Gasteiger partial charge < -0.3 is 11.1 Å². The van der Waals surface area contributed by atoms with Crippen LogP contribution < -0.4 is 11.1 Å². The number of allylic oxidation sites excluding steroid dienone is 1. The highest BCUT2D eigenvalue weighted by atomic mass is 19.1. The number of anilines is 1. The van der Waals surface area contributed by atoms with E-state index in [1.165, 1.54) is 12.1 Å². The molecule has 0 bridgehead atoms. The molecular weight excluding hydrogens is 345 g/mol. The van der Waals surface area contributed by atoms with E-state index in [0.29, 0.717) is 28.6 Å². The summed E-state index contributed by atoms with van der Waals surface area (Å²) in [5, 5.41) is 7.72. The van der Waals surface area contributed by atoms with E-state index >= 15 is 0 Å². The molecule has 136 valence electrons. The van der Waals surface area contributed by atoms with Gasteiger partial charge in [-0.05, 0) is 37.6 Å². The van der Waals surface area contributed by atoms with Gasteiger partial charge in [0, 0.05) is 11.3 Å². The molecule has 1 aromatic heterocycles. The maximum absolute atomic E-state index is 13.4. The smallest absolute Gasteiger partial charge is 0.248 e. The lowest BCUT2D eigenvalue weighted by Crippen LogP contribution is -2.31. The quantitative estimate of drug-likeness (QED) is 0.748. The number of hydrogen-bond donors (Lipinski definition) is 2. The Morgan fingerprint density at radius 1 is 1.19 bits per heavy atom. The van der Waals surface area contributed by atoms with Crippen molar-refractivity contribution in [2.24, 2.45) is 5.73 Å². The average molecular weight is 363 g/mol. The van der Waals surface area contributed by atoms with Crippen molar-refractivity contribution in [2.75, 3.05) is 5.32 Å². The van der Waals surface area contributed by atoms with Crippen LogP contribution in [0.2, 0.25) is 0 Å². The predicted molar refractivity (Wildman–Crippen MR) is 100 cm³/mol. The zero-order valence-corrected chi connectivity index (χ0v) is 14.9. The lowest BCUT2D eigenvalue weighted by molar-refractivity contribution is -0.115. The average Bonchev–Trinajstić information content (AvgIpc) is 3.04. The van der Waals surface area contributed by atoms with Crippen molar-refractivity contribution in [2.45, 2.75) is 19.9 Å². The molecule has 0 saturated carbocycles. The second kappa shape index (κ2) is 6.35. The Morgan fingerprint density at radius 2 is 1.93 bits per heavy atom. The van der Waals surface area contributed by atoms with Gasteiger partial charge in [-0.15, -0.1) is 5.10 Å². The van der Waals surface area contributed by atoms with Gasteiger partial charge in [-0.2, -0.15) is 4.98 Å². The van der Waals surface area contributed by atoms with Gasteiger partial charge in [0.05, 0.1) is 5.57 Å². The Bertz CT molecular complexity index is 1070. The molecule has 1 amide bonds. The number of benzene rings is 2. The molecule has 0 aliphatic carbocycles. The lowest BCUT2D eigenvalue weighted by Gasteiger charge is -2.27. The van der Waals surface area contributed by atoms with Crippen LogP contribution in [0, 0.1) is 12.7 Å². The van der Waals surface area contributed by atoms with E-state index in [0.717, 1.165) is 11.1 Å². The summed E-state index contributed by atoms with van der Waals surface area (Å²) in [6.45, 7) is 3.76. The molecule has 0 fully saturated rings. The van der Waals surface area contributed by atoms with Crippen molar-refractivity contribution >= 4 is 11.9 Å². The summed E-state index contributed by atoms with van der Waals surface area (Å²) in [5.74, 6) is 0.121. The zero-order valence-electron chi connectivity index (χ0n) is 14.9. The number of nitrogens with two attached hydrogens (primary N) is 1. The fourth-order valence-electron chi connectivity index (χ4n) is 3.33. The van der Waals surface area contributed by atoms with Gasteiger partial charge in [-0.3, -0.25) is 4.79 Å². The number of primary amides is 1. The van der Waals surface area contributed by atoms with Gasteiger partial charge in [0.2, 0.25) is 11.9 Å². The second-order valence-corrected chi connectivity index (χ2v) is 6.56. The second-order valence-electron chi connectivity index (χ2n) is 6.56.